The molecule has 0 aromatic rings. The van der Waals surface area contributed by atoms with Crippen LogP contribution < -0.4 is 0 Å². The number of hydrogen-bond donors (Lipinski definition) is 0. The van der Waals surface area contributed by atoms with Gasteiger partial charge in [0.25, 0.3) is 37.1 Å². The van der Waals surface area contributed by atoms with E-state index in [0.29, 0.717) is 0 Å². The van der Waals surface area contributed by atoms with Crippen LogP contribution in [-0.2, 0) is 16.5 Å². The van der Waals surface area contributed by atoms with Crippen molar-refractivity contribution < 1.29 is 16.5 Å². The van der Waals surface area contributed by atoms with Crippen molar-refractivity contribution in [3.8, 4) is 0 Å². The molecule has 92 valence electrons. The first-order valence-corrected chi connectivity index (χ1v) is 15.4. The van der Waals surface area contributed by atoms with Gasteiger partial charge in [0, 0.05) is 10.2 Å². The first-order valence-electron chi connectivity index (χ1n) is 5.61. The Labute approximate surface area is 103 Å². The van der Waals surface area contributed by atoms with Gasteiger partial charge in [-0.2, -0.15) is 0 Å². The lowest BCUT2D eigenvalue weighted by Crippen LogP contribution is -2.44. The van der Waals surface area contributed by atoms with Crippen LogP contribution in [0.15, 0.2) is 0 Å². The molecule has 0 amide bonds. The van der Waals surface area contributed by atoms with Gasteiger partial charge in [-0.1, -0.05) is 13.0 Å². The Balaban J connectivity index is 0.000000583. The van der Waals surface area contributed by atoms with Gasteiger partial charge in [0.05, 0.1) is 0 Å². The van der Waals surface area contributed by atoms with E-state index in [-0.39, 0.29) is 0 Å². The summed E-state index contributed by atoms with van der Waals surface area (Å²) in [7, 11) is -4.29. The smallest absolute Gasteiger partial charge is 0.300 e. The van der Waals surface area contributed by atoms with Crippen molar-refractivity contribution in [3.05, 3.63) is 0 Å². The second-order valence-electron chi connectivity index (χ2n) is 3.52. The van der Waals surface area contributed by atoms with Crippen molar-refractivity contribution in [1.29, 1.82) is 0 Å². The van der Waals surface area contributed by atoms with Crippen LogP contribution >= 0.6 is 0 Å². The summed E-state index contributed by atoms with van der Waals surface area (Å²) in [6, 6.07) is 1.39. The number of hydrogen-bond acceptors (Lipinski definition) is 4. The Kier molecular flexibility index (Phi) is 9.56. The summed E-state index contributed by atoms with van der Waals surface area (Å²) in [5.74, 6) is 0. The number of rotatable bonds is 0. The van der Waals surface area contributed by atoms with Crippen molar-refractivity contribution in [2.24, 2.45) is 0 Å². The van der Waals surface area contributed by atoms with Crippen molar-refractivity contribution in [3.63, 3.8) is 0 Å². The maximum Gasteiger partial charge on any atom is 0.300 e. The molecule has 0 aromatic heterocycles. The minimum absolute atomic E-state index is 1.37. The van der Waals surface area contributed by atoms with E-state index in [1.54, 1.807) is 0 Å². The van der Waals surface area contributed by atoms with Gasteiger partial charge < -0.3 is 16.5 Å². The molecule has 0 atom stereocenters. The molecule has 0 spiro atoms. The van der Waals surface area contributed by atoms with Crippen LogP contribution in [0, 0.1) is 0 Å². The van der Waals surface area contributed by atoms with E-state index in [0.717, 1.165) is 0 Å². The van der Waals surface area contributed by atoms with Gasteiger partial charge in [0.1, 0.15) is 0 Å². The van der Waals surface area contributed by atoms with Gasteiger partial charge in [0.2, 0.25) is 0 Å². The van der Waals surface area contributed by atoms with Crippen LogP contribution in [0.4, 0.5) is 0 Å². The first-order chi connectivity index (χ1) is 6.99. The van der Waals surface area contributed by atoms with E-state index in [2.05, 4.69) is 6.92 Å². The molecular weight excluding hydrogens is 276 g/mol. The molecule has 1 heterocycles. The maximum atomic E-state index is 5.65. The molecule has 1 fully saturated rings. The molecule has 0 aromatic carbocycles. The SMILES string of the molecule is CC[SiH3].C[SiH]1O[SiH](C)O[SiH](C)O[SiH](C)O1. The topological polar surface area (TPSA) is 36.9 Å². The molecule has 1 rings (SSSR count). The van der Waals surface area contributed by atoms with Gasteiger partial charge in [-0.15, -0.1) is 0 Å². The Morgan fingerprint density at radius 2 is 0.867 bits per heavy atom. The average Bonchev–Trinajstić information content (AvgIpc) is 2.00. The van der Waals surface area contributed by atoms with Crippen LogP contribution in [0.25, 0.3) is 0 Å². The summed E-state index contributed by atoms with van der Waals surface area (Å²) in [6.45, 7) is 10.3. The predicted molar refractivity (Wildman–Crippen MR) is 76.8 cm³/mol. The van der Waals surface area contributed by atoms with Gasteiger partial charge in [-0.05, 0) is 26.2 Å². The lowest BCUT2D eigenvalue weighted by atomic mass is 11.0. The summed E-state index contributed by atoms with van der Waals surface area (Å²) in [6.07, 6.45) is 0. The quantitative estimate of drug-likeness (QED) is 0.552. The lowest BCUT2D eigenvalue weighted by molar-refractivity contribution is 0.295. The van der Waals surface area contributed by atoms with Crippen LogP contribution in [0.2, 0.25) is 32.2 Å². The van der Waals surface area contributed by atoms with Gasteiger partial charge in [-0.25, -0.2) is 0 Å². The predicted octanol–water partition coefficient (Wildman–Crippen LogP) is -0.742. The molecule has 1 saturated heterocycles. The highest BCUT2D eigenvalue weighted by Gasteiger charge is 2.25. The first kappa shape index (κ1) is 15.9. The second-order valence-corrected chi connectivity index (χ2v) is 13.8. The summed E-state index contributed by atoms with van der Waals surface area (Å²) >= 11 is 0. The summed E-state index contributed by atoms with van der Waals surface area (Å²) in [5, 5.41) is 0. The zero-order valence-corrected chi connectivity index (χ0v) is 17.3. The molecule has 0 aliphatic carbocycles. The summed E-state index contributed by atoms with van der Waals surface area (Å²) in [4.78, 5) is 0. The molecule has 0 saturated carbocycles. The zero-order valence-electron chi connectivity index (χ0n) is 10.6. The summed E-state index contributed by atoms with van der Waals surface area (Å²) < 4.78 is 22.6. The fourth-order valence-electron chi connectivity index (χ4n) is 1.21. The Hall–Kier alpha value is 0.924. The van der Waals surface area contributed by atoms with Gasteiger partial charge in [-0.3, -0.25) is 0 Å². The molecule has 9 heteroatoms. The van der Waals surface area contributed by atoms with Gasteiger partial charge >= 0.3 is 0 Å². The molecule has 4 nitrogen and oxygen atoms in total. The molecule has 1 aliphatic rings. The normalized spacial score (nSPS) is 37.4. The fraction of sp³-hybridized carbons (Fsp3) is 1.00. The monoisotopic (exact) mass is 300 g/mol. The Morgan fingerprint density at radius 3 is 1.00 bits per heavy atom. The van der Waals surface area contributed by atoms with Crippen molar-refractivity contribution in [2.75, 3.05) is 0 Å². The van der Waals surface area contributed by atoms with E-state index in [1.165, 1.54) is 16.3 Å². The lowest BCUT2D eigenvalue weighted by Gasteiger charge is -2.28. The van der Waals surface area contributed by atoms with Crippen LogP contribution in [0.1, 0.15) is 6.92 Å². The minimum Gasteiger partial charge on any atom is -0.420 e. The molecule has 15 heavy (non-hydrogen) atoms. The fourth-order valence-corrected chi connectivity index (χ4v) is 13.2. The highest BCUT2D eigenvalue weighted by atomic mass is 28.5. The standard InChI is InChI=1S/C4H16O4Si4.C2H8Si/c1-9-5-10(2)7-12(4)8-11(3)6-9;1-2-3/h9-12H,1-4H3;2H2,1,3H3. The van der Waals surface area contributed by atoms with Crippen molar-refractivity contribution in [2.45, 2.75) is 39.2 Å². The maximum absolute atomic E-state index is 5.65. The Bertz CT molecular complexity index is 122. The zero-order chi connectivity index (χ0) is 11.8. The van der Waals surface area contributed by atoms with E-state index in [1.807, 2.05) is 26.2 Å². The molecule has 0 N–H and O–H groups in total. The third-order valence-electron chi connectivity index (χ3n) is 1.53. The largest absolute Gasteiger partial charge is 0.420 e. The highest BCUT2D eigenvalue weighted by Crippen LogP contribution is 2.06. The van der Waals surface area contributed by atoms with E-state index >= 15 is 0 Å². The molecular formula is C6H24O4Si5. The molecule has 0 radical (unpaired) electrons. The third kappa shape index (κ3) is 8.70. The van der Waals surface area contributed by atoms with E-state index in [9.17, 15) is 0 Å². The third-order valence-corrected chi connectivity index (χ3v) is 13.8. The Morgan fingerprint density at radius 1 is 0.733 bits per heavy atom. The molecule has 0 bridgehead atoms. The van der Waals surface area contributed by atoms with Crippen molar-refractivity contribution in [1.82, 2.24) is 0 Å². The summed E-state index contributed by atoms with van der Waals surface area (Å²) in [5.41, 5.74) is 0. The highest BCUT2D eigenvalue weighted by molar-refractivity contribution is 6.72. The van der Waals surface area contributed by atoms with E-state index < -0.39 is 37.1 Å². The minimum atomic E-state index is -1.42. The van der Waals surface area contributed by atoms with E-state index in [4.69, 9.17) is 16.5 Å². The average molecular weight is 301 g/mol. The van der Waals surface area contributed by atoms with Crippen LogP contribution in [-0.4, -0.2) is 47.4 Å². The van der Waals surface area contributed by atoms with Crippen LogP contribution in [0.3, 0.4) is 0 Å². The molecule has 0 unspecified atom stereocenters. The van der Waals surface area contributed by atoms with Crippen molar-refractivity contribution >= 4 is 47.4 Å². The van der Waals surface area contributed by atoms with Gasteiger partial charge in [0.15, 0.2) is 0 Å². The molecule has 1 aliphatic heterocycles. The van der Waals surface area contributed by atoms with Crippen LogP contribution in [0.5, 0.6) is 0 Å². The second kappa shape index (κ2) is 9.01.